The fraction of sp³-hybridized carbons (Fsp3) is 0.889. The minimum absolute atomic E-state index is 0.0436. The number of ether oxygens (including phenoxy) is 1. The van der Waals surface area contributed by atoms with Crippen LogP contribution >= 0.6 is 11.6 Å². The largest absolute Gasteiger partial charge is 0.383 e. The van der Waals surface area contributed by atoms with E-state index >= 15 is 0 Å². The number of methoxy groups -OCH3 is 1. The van der Waals surface area contributed by atoms with Gasteiger partial charge < -0.3 is 10.1 Å². The first-order valence-corrected chi connectivity index (χ1v) is 5.14. The summed E-state index contributed by atoms with van der Waals surface area (Å²) >= 11 is 5.65. The summed E-state index contributed by atoms with van der Waals surface area (Å²) in [7, 11) is 1.60. The maximum atomic E-state index is 11.3. The molecule has 0 aliphatic heterocycles. The van der Waals surface area contributed by atoms with Crippen molar-refractivity contribution in [3.8, 4) is 0 Å². The van der Waals surface area contributed by atoms with Crippen molar-refractivity contribution < 1.29 is 9.53 Å². The Balaban J connectivity index is 2.14. The van der Waals surface area contributed by atoms with Crippen molar-refractivity contribution in [1.29, 1.82) is 0 Å². The molecule has 1 saturated carbocycles. The zero-order chi connectivity index (χ0) is 9.68. The van der Waals surface area contributed by atoms with E-state index in [0.717, 1.165) is 0 Å². The van der Waals surface area contributed by atoms with Crippen molar-refractivity contribution in [3.05, 3.63) is 0 Å². The maximum absolute atomic E-state index is 11.3. The molecule has 3 nitrogen and oxygen atoms in total. The van der Waals surface area contributed by atoms with Crippen molar-refractivity contribution in [2.45, 2.75) is 25.3 Å². The summed E-state index contributed by atoms with van der Waals surface area (Å²) in [4.78, 5) is 11.3. The van der Waals surface area contributed by atoms with Crippen LogP contribution in [-0.4, -0.2) is 31.5 Å². The third-order valence-electron chi connectivity index (χ3n) is 2.09. The highest BCUT2D eigenvalue weighted by Crippen LogP contribution is 2.32. The van der Waals surface area contributed by atoms with E-state index < -0.39 is 0 Å². The van der Waals surface area contributed by atoms with Gasteiger partial charge in [-0.2, -0.15) is 0 Å². The van der Waals surface area contributed by atoms with Gasteiger partial charge in [-0.3, -0.25) is 4.79 Å². The Morgan fingerprint density at radius 1 is 1.69 bits per heavy atom. The molecule has 1 rings (SSSR count). The van der Waals surface area contributed by atoms with Crippen molar-refractivity contribution in [1.82, 2.24) is 5.32 Å². The van der Waals surface area contributed by atoms with Crippen molar-refractivity contribution in [2.24, 2.45) is 5.92 Å². The Labute approximate surface area is 83.8 Å². The summed E-state index contributed by atoms with van der Waals surface area (Å²) in [6.07, 6.45) is 3.05. The van der Waals surface area contributed by atoms with E-state index in [9.17, 15) is 4.79 Å². The van der Waals surface area contributed by atoms with Crippen molar-refractivity contribution >= 4 is 17.5 Å². The highest BCUT2D eigenvalue weighted by Gasteiger charge is 2.25. The quantitative estimate of drug-likeness (QED) is 0.661. The van der Waals surface area contributed by atoms with E-state index in [4.69, 9.17) is 16.3 Å². The summed E-state index contributed by atoms with van der Waals surface area (Å²) in [5.74, 6) is 1.13. The van der Waals surface area contributed by atoms with Crippen LogP contribution in [0.5, 0.6) is 0 Å². The second-order valence-electron chi connectivity index (χ2n) is 3.52. The molecule has 0 radical (unpaired) electrons. The van der Waals surface area contributed by atoms with Gasteiger partial charge in [-0.15, -0.1) is 11.6 Å². The van der Waals surface area contributed by atoms with E-state index in [0.29, 0.717) is 24.8 Å². The van der Waals surface area contributed by atoms with E-state index in [1.807, 2.05) is 0 Å². The number of carbonyl (C=O) groups is 1. The molecule has 1 amide bonds. The summed E-state index contributed by atoms with van der Waals surface area (Å²) in [5, 5.41) is 2.84. The van der Waals surface area contributed by atoms with E-state index in [-0.39, 0.29) is 11.9 Å². The van der Waals surface area contributed by atoms with Crippen LogP contribution in [0.15, 0.2) is 0 Å². The lowest BCUT2D eigenvalue weighted by molar-refractivity contribution is -0.122. The van der Waals surface area contributed by atoms with Crippen LogP contribution in [0.25, 0.3) is 0 Å². The summed E-state index contributed by atoms with van der Waals surface area (Å²) < 4.78 is 4.92. The number of halogens is 1. The average Bonchev–Trinajstić information content (AvgIpc) is 2.87. The minimum Gasteiger partial charge on any atom is -0.383 e. The zero-order valence-electron chi connectivity index (χ0n) is 7.88. The summed E-state index contributed by atoms with van der Waals surface area (Å²) in [6.45, 7) is 0.486. The first-order valence-electron chi connectivity index (χ1n) is 4.60. The molecule has 0 saturated heterocycles. The highest BCUT2D eigenvalue weighted by atomic mass is 35.5. The van der Waals surface area contributed by atoms with Gasteiger partial charge in [0, 0.05) is 19.4 Å². The van der Waals surface area contributed by atoms with Gasteiger partial charge in [0.05, 0.1) is 12.6 Å². The topological polar surface area (TPSA) is 38.3 Å². The van der Waals surface area contributed by atoms with Gasteiger partial charge in [0.25, 0.3) is 0 Å². The van der Waals surface area contributed by atoms with Gasteiger partial charge >= 0.3 is 0 Å². The second-order valence-corrected chi connectivity index (χ2v) is 3.83. The van der Waals surface area contributed by atoms with Gasteiger partial charge in [0.2, 0.25) is 5.91 Å². The Kier molecular flexibility index (Phi) is 4.53. The molecule has 1 aliphatic rings. The molecule has 1 N–H and O–H groups in total. The molecule has 13 heavy (non-hydrogen) atoms. The molecule has 0 aromatic rings. The molecule has 1 aliphatic carbocycles. The lowest BCUT2D eigenvalue weighted by atomic mass is 10.2. The molecular weight excluding hydrogens is 190 g/mol. The Hall–Kier alpha value is -0.280. The van der Waals surface area contributed by atoms with E-state index in [1.54, 1.807) is 7.11 Å². The number of hydrogen-bond acceptors (Lipinski definition) is 2. The maximum Gasteiger partial charge on any atom is 0.220 e. The number of carbonyl (C=O) groups excluding carboxylic acids is 1. The fourth-order valence-corrected chi connectivity index (χ4v) is 1.36. The first-order chi connectivity index (χ1) is 6.26. The molecule has 0 aromatic heterocycles. The fourth-order valence-electron chi connectivity index (χ4n) is 1.20. The van der Waals surface area contributed by atoms with Crippen LogP contribution in [0.3, 0.4) is 0 Å². The normalized spacial score (nSPS) is 18.3. The Morgan fingerprint density at radius 3 is 2.85 bits per heavy atom. The minimum atomic E-state index is -0.0436. The van der Waals surface area contributed by atoms with Gasteiger partial charge in [-0.25, -0.2) is 0 Å². The third-order valence-corrected chi connectivity index (χ3v) is 2.46. The van der Waals surface area contributed by atoms with Gasteiger partial charge in [-0.05, 0) is 18.8 Å². The van der Waals surface area contributed by atoms with Gasteiger partial charge in [0.1, 0.15) is 0 Å². The predicted octanol–water partition coefficient (Wildman–Crippen LogP) is 1.16. The van der Waals surface area contributed by atoms with Crippen LogP contribution in [0.1, 0.15) is 19.3 Å². The zero-order valence-corrected chi connectivity index (χ0v) is 8.64. The second kappa shape index (κ2) is 5.45. The number of alkyl halides is 1. The van der Waals surface area contributed by atoms with Gasteiger partial charge in [-0.1, -0.05) is 0 Å². The number of rotatable bonds is 6. The molecule has 0 aromatic carbocycles. The predicted molar refractivity (Wildman–Crippen MR) is 51.9 cm³/mol. The van der Waals surface area contributed by atoms with E-state index in [2.05, 4.69) is 5.32 Å². The molecule has 0 heterocycles. The molecular formula is C9H16ClNO2. The van der Waals surface area contributed by atoms with Crippen LogP contribution < -0.4 is 5.32 Å². The standard InChI is InChI=1S/C9H16ClNO2/c1-13-6-8(5-10)11-9(12)4-7-2-3-7/h7-8H,2-6H2,1H3,(H,11,12). The summed E-state index contributed by atoms with van der Waals surface area (Å²) in [6, 6.07) is -0.0436. The molecule has 0 bridgehead atoms. The van der Waals surface area contributed by atoms with Crippen LogP contribution in [0.4, 0.5) is 0 Å². The SMILES string of the molecule is COCC(CCl)NC(=O)CC1CC1. The third kappa shape index (κ3) is 4.48. The lowest BCUT2D eigenvalue weighted by Crippen LogP contribution is -2.39. The van der Waals surface area contributed by atoms with Crippen molar-refractivity contribution in [3.63, 3.8) is 0 Å². The molecule has 0 spiro atoms. The molecule has 76 valence electrons. The highest BCUT2D eigenvalue weighted by molar-refractivity contribution is 6.18. The molecule has 1 fully saturated rings. The first kappa shape index (κ1) is 10.8. The molecule has 4 heteroatoms. The van der Waals surface area contributed by atoms with Gasteiger partial charge in [0.15, 0.2) is 0 Å². The lowest BCUT2D eigenvalue weighted by Gasteiger charge is -2.14. The number of hydrogen-bond donors (Lipinski definition) is 1. The van der Waals surface area contributed by atoms with Crippen molar-refractivity contribution in [2.75, 3.05) is 19.6 Å². The van der Waals surface area contributed by atoms with E-state index in [1.165, 1.54) is 12.8 Å². The smallest absolute Gasteiger partial charge is 0.220 e. The van der Waals surface area contributed by atoms with Crippen LogP contribution in [0, 0.1) is 5.92 Å². The average molecular weight is 206 g/mol. The Bertz CT molecular complexity index is 171. The number of nitrogens with one attached hydrogen (secondary N) is 1. The molecule has 1 unspecified atom stereocenters. The molecule has 1 atom stereocenters. The Morgan fingerprint density at radius 2 is 2.38 bits per heavy atom. The number of amides is 1. The van der Waals surface area contributed by atoms with Crippen LogP contribution in [0.2, 0.25) is 0 Å². The summed E-state index contributed by atoms with van der Waals surface area (Å²) in [5.41, 5.74) is 0. The monoisotopic (exact) mass is 205 g/mol. The van der Waals surface area contributed by atoms with Crippen LogP contribution in [-0.2, 0) is 9.53 Å².